The highest BCUT2D eigenvalue weighted by Gasteiger charge is 2.29. The molecule has 1 atom stereocenters. The topological polar surface area (TPSA) is 113 Å². The molecule has 37 heavy (non-hydrogen) atoms. The number of pyridine rings is 1. The first kappa shape index (κ1) is 24.9. The minimum Gasteiger partial charge on any atom is -0.383 e. The standard InChI is InChI=1S/C27H34N8O2/c1-32-9-11-34(12-10-32)16-19-3-5-20(6-4-19)27(37)35-8-7-23(18-35)31-26(36)24-13-21(14-29-25(24)28)22-15-30-33(2)17-22/h3-6,13-15,17,23H,7-12,16,18H2,1-2H3,(H2,28,29)(H,31,36)/t23-/m1/s1. The highest BCUT2D eigenvalue weighted by atomic mass is 16.2. The van der Waals surface area contributed by atoms with E-state index in [9.17, 15) is 9.59 Å². The molecule has 1 aromatic carbocycles. The first-order chi connectivity index (χ1) is 17.9. The van der Waals surface area contributed by atoms with Gasteiger partial charge < -0.3 is 20.9 Å². The van der Waals surface area contributed by atoms with Crippen LogP contribution in [0, 0.1) is 0 Å². The van der Waals surface area contributed by atoms with E-state index in [1.54, 1.807) is 28.0 Å². The Morgan fingerprint density at radius 2 is 1.78 bits per heavy atom. The third kappa shape index (κ3) is 5.81. The number of hydrogen-bond donors (Lipinski definition) is 2. The molecule has 2 aliphatic rings. The molecule has 0 radical (unpaired) electrons. The third-order valence-electron chi connectivity index (χ3n) is 7.21. The molecule has 2 amide bonds. The molecule has 194 valence electrons. The molecular formula is C27H34N8O2. The summed E-state index contributed by atoms with van der Waals surface area (Å²) in [5.74, 6) is -0.126. The Kier molecular flexibility index (Phi) is 7.20. The van der Waals surface area contributed by atoms with E-state index in [0.29, 0.717) is 30.6 Å². The Labute approximate surface area is 217 Å². The number of nitrogens with two attached hydrogens (primary N) is 1. The quantitative estimate of drug-likeness (QED) is 0.525. The summed E-state index contributed by atoms with van der Waals surface area (Å²) in [5.41, 5.74) is 9.85. The number of piperazine rings is 1. The van der Waals surface area contributed by atoms with Crippen molar-refractivity contribution >= 4 is 17.6 Å². The van der Waals surface area contributed by atoms with Gasteiger partial charge in [-0.15, -0.1) is 0 Å². The van der Waals surface area contributed by atoms with E-state index in [4.69, 9.17) is 5.73 Å². The number of nitrogens with one attached hydrogen (secondary N) is 1. The van der Waals surface area contributed by atoms with Gasteiger partial charge in [0.25, 0.3) is 11.8 Å². The normalized spacial score (nSPS) is 18.8. The number of benzene rings is 1. The largest absolute Gasteiger partial charge is 0.383 e. The molecule has 0 unspecified atom stereocenters. The Hall–Kier alpha value is -3.76. The fourth-order valence-corrected chi connectivity index (χ4v) is 4.91. The van der Waals surface area contributed by atoms with Gasteiger partial charge in [0.15, 0.2) is 0 Å². The lowest BCUT2D eigenvalue weighted by Gasteiger charge is -2.32. The van der Waals surface area contributed by atoms with E-state index in [-0.39, 0.29) is 23.7 Å². The zero-order chi connectivity index (χ0) is 25.9. The van der Waals surface area contributed by atoms with Gasteiger partial charge in [0, 0.05) is 88.0 Å². The van der Waals surface area contributed by atoms with Crippen molar-refractivity contribution < 1.29 is 9.59 Å². The lowest BCUT2D eigenvalue weighted by Crippen LogP contribution is -2.43. The van der Waals surface area contributed by atoms with Crippen molar-refractivity contribution in [3.8, 4) is 11.1 Å². The van der Waals surface area contributed by atoms with Crippen molar-refractivity contribution in [1.82, 2.24) is 34.8 Å². The number of carbonyl (C=O) groups is 2. The molecule has 3 aromatic rings. The minimum atomic E-state index is -0.289. The number of hydrogen-bond acceptors (Lipinski definition) is 7. The zero-order valence-electron chi connectivity index (χ0n) is 21.4. The molecule has 3 N–H and O–H groups in total. The Balaban J connectivity index is 1.17. The second kappa shape index (κ2) is 10.7. The summed E-state index contributed by atoms with van der Waals surface area (Å²) in [4.78, 5) is 36.9. The van der Waals surface area contributed by atoms with Gasteiger partial charge in [-0.05, 0) is 37.2 Å². The van der Waals surface area contributed by atoms with Gasteiger partial charge in [0.1, 0.15) is 5.82 Å². The zero-order valence-corrected chi connectivity index (χ0v) is 21.4. The Bertz CT molecular complexity index is 1260. The second-order valence-corrected chi connectivity index (χ2v) is 10.0. The summed E-state index contributed by atoms with van der Waals surface area (Å²) in [5, 5.41) is 7.20. The average molecular weight is 503 g/mol. The van der Waals surface area contributed by atoms with E-state index in [1.165, 1.54) is 5.56 Å². The first-order valence-corrected chi connectivity index (χ1v) is 12.7. The van der Waals surface area contributed by atoms with Gasteiger partial charge in [-0.25, -0.2) is 4.98 Å². The maximum atomic E-state index is 13.1. The molecule has 2 fully saturated rings. The summed E-state index contributed by atoms with van der Waals surface area (Å²) < 4.78 is 1.69. The second-order valence-electron chi connectivity index (χ2n) is 10.0. The molecule has 0 aliphatic carbocycles. The van der Waals surface area contributed by atoms with Crippen LogP contribution in [0.4, 0.5) is 5.82 Å². The molecule has 4 heterocycles. The number of aryl methyl sites for hydroxylation is 1. The van der Waals surface area contributed by atoms with Crippen molar-refractivity contribution in [2.75, 3.05) is 52.0 Å². The van der Waals surface area contributed by atoms with E-state index in [0.717, 1.165) is 43.9 Å². The SMILES string of the molecule is CN1CCN(Cc2ccc(C(=O)N3CC[C@@H](NC(=O)c4cc(-c5cnn(C)c5)cnc4N)C3)cc2)CC1. The molecule has 2 aliphatic heterocycles. The van der Waals surface area contributed by atoms with Crippen LogP contribution in [0.25, 0.3) is 11.1 Å². The predicted molar refractivity (Wildman–Crippen MR) is 142 cm³/mol. The number of carbonyl (C=O) groups excluding carboxylic acids is 2. The Morgan fingerprint density at radius 3 is 2.49 bits per heavy atom. The number of amides is 2. The number of aromatic nitrogens is 3. The van der Waals surface area contributed by atoms with E-state index in [1.807, 2.05) is 37.5 Å². The fraction of sp³-hybridized carbons (Fsp3) is 0.407. The fourth-order valence-electron chi connectivity index (χ4n) is 4.91. The molecule has 0 bridgehead atoms. The minimum absolute atomic E-state index is 0.0114. The van der Waals surface area contributed by atoms with Crippen molar-refractivity contribution in [2.24, 2.45) is 7.05 Å². The summed E-state index contributed by atoms with van der Waals surface area (Å²) in [6, 6.07) is 9.51. The lowest BCUT2D eigenvalue weighted by atomic mass is 10.1. The highest BCUT2D eigenvalue weighted by Crippen LogP contribution is 2.22. The number of likely N-dealkylation sites (tertiary alicyclic amines) is 1. The molecule has 0 saturated carbocycles. The van der Waals surface area contributed by atoms with Crippen molar-refractivity contribution in [2.45, 2.75) is 19.0 Å². The number of likely N-dealkylation sites (N-methyl/N-ethyl adjacent to an activating group) is 1. The Morgan fingerprint density at radius 1 is 1.03 bits per heavy atom. The summed E-state index contributed by atoms with van der Waals surface area (Å²) in [7, 11) is 3.98. The number of nitrogen functional groups attached to an aromatic ring is 1. The van der Waals surface area contributed by atoms with Crippen LogP contribution >= 0.6 is 0 Å². The number of nitrogens with zero attached hydrogens (tertiary/aromatic N) is 6. The highest BCUT2D eigenvalue weighted by molar-refractivity contribution is 6.00. The molecule has 10 heteroatoms. The van der Waals surface area contributed by atoms with Gasteiger partial charge >= 0.3 is 0 Å². The van der Waals surface area contributed by atoms with Gasteiger partial charge in [0.2, 0.25) is 0 Å². The molecule has 2 saturated heterocycles. The number of anilines is 1. The monoisotopic (exact) mass is 502 g/mol. The molecule has 0 spiro atoms. The molecule has 5 rings (SSSR count). The molecule has 10 nitrogen and oxygen atoms in total. The van der Waals surface area contributed by atoms with Gasteiger partial charge in [-0.1, -0.05) is 12.1 Å². The van der Waals surface area contributed by atoms with Crippen molar-refractivity contribution in [3.63, 3.8) is 0 Å². The number of rotatable bonds is 6. The van der Waals surface area contributed by atoms with E-state index >= 15 is 0 Å². The van der Waals surface area contributed by atoms with E-state index in [2.05, 4.69) is 32.2 Å². The van der Waals surface area contributed by atoms with Crippen LogP contribution in [0.1, 0.15) is 32.7 Å². The van der Waals surface area contributed by atoms with Crippen LogP contribution in [0.3, 0.4) is 0 Å². The van der Waals surface area contributed by atoms with Gasteiger partial charge in [-0.3, -0.25) is 19.2 Å². The van der Waals surface area contributed by atoms with Gasteiger partial charge in [0.05, 0.1) is 11.8 Å². The van der Waals surface area contributed by atoms with Crippen molar-refractivity contribution in [1.29, 1.82) is 0 Å². The van der Waals surface area contributed by atoms with Crippen LogP contribution in [0.5, 0.6) is 0 Å². The third-order valence-corrected chi connectivity index (χ3v) is 7.21. The first-order valence-electron chi connectivity index (χ1n) is 12.7. The van der Waals surface area contributed by atoms with Crippen LogP contribution in [-0.2, 0) is 13.6 Å². The smallest absolute Gasteiger partial charge is 0.255 e. The van der Waals surface area contributed by atoms with Crippen LogP contribution in [-0.4, -0.2) is 93.6 Å². The van der Waals surface area contributed by atoms with Crippen LogP contribution in [0.15, 0.2) is 48.9 Å². The predicted octanol–water partition coefficient (Wildman–Crippen LogP) is 1.46. The summed E-state index contributed by atoms with van der Waals surface area (Å²) in [6.45, 7) is 6.26. The molecule has 2 aromatic heterocycles. The summed E-state index contributed by atoms with van der Waals surface area (Å²) >= 11 is 0. The molecular weight excluding hydrogens is 468 g/mol. The average Bonchev–Trinajstić information content (AvgIpc) is 3.55. The maximum absolute atomic E-state index is 13.1. The maximum Gasteiger partial charge on any atom is 0.255 e. The van der Waals surface area contributed by atoms with Crippen molar-refractivity contribution in [3.05, 3.63) is 65.6 Å². The lowest BCUT2D eigenvalue weighted by molar-refractivity contribution is 0.0783. The van der Waals surface area contributed by atoms with Crippen LogP contribution < -0.4 is 11.1 Å². The summed E-state index contributed by atoms with van der Waals surface area (Å²) in [6.07, 6.45) is 5.90. The van der Waals surface area contributed by atoms with E-state index < -0.39 is 0 Å². The van der Waals surface area contributed by atoms with Gasteiger partial charge in [-0.2, -0.15) is 5.10 Å². The van der Waals surface area contributed by atoms with Crippen LogP contribution in [0.2, 0.25) is 0 Å².